The Balaban J connectivity index is 2.21. The smallest absolute Gasteiger partial charge is 0.332 e. The van der Waals surface area contributed by atoms with Gasteiger partial charge in [-0.05, 0) is 31.2 Å². The molecule has 108 valence electrons. The molecule has 2 rings (SSSR count). The van der Waals surface area contributed by atoms with Crippen LogP contribution >= 0.6 is 0 Å². The molecule has 8 nitrogen and oxygen atoms in total. The van der Waals surface area contributed by atoms with Gasteiger partial charge >= 0.3 is 6.03 Å². The van der Waals surface area contributed by atoms with Gasteiger partial charge in [-0.15, -0.1) is 0 Å². The first-order chi connectivity index (χ1) is 9.97. The third kappa shape index (κ3) is 3.44. The fourth-order valence-electron chi connectivity index (χ4n) is 1.63. The molecule has 21 heavy (non-hydrogen) atoms. The van der Waals surface area contributed by atoms with E-state index in [2.05, 4.69) is 10.5 Å². The molecular weight excluding hydrogens is 276 g/mol. The van der Waals surface area contributed by atoms with Gasteiger partial charge in [0.15, 0.2) is 5.76 Å². The van der Waals surface area contributed by atoms with Crippen LogP contribution in [0.2, 0.25) is 0 Å². The second-order valence-corrected chi connectivity index (χ2v) is 4.14. The molecule has 1 aromatic heterocycles. The van der Waals surface area contributed by atoms with Gasteiger partial charge in [0.25, 0.3) is 5.69 Å². The Morgan fingerprint density at radius 1 is 1.29 bits per heavy atom. The number of urea groups is 1. The van der Waals surface area contributed by atoms with E-state index in [1.165, 1.54) is 12.1 Å². The molecule has 1 heterocycles. The molecule has 0 aliphatic heterocycles. The van der Waals surface area contributed by atoms with Crippen molar-refractivity contribution >= 4 is 17.4 Å². The predicted octanol–water partition coefficient (Wildman–Crippen LogP) is 2.25. The molecule has 2 amide bonds. The number of primary amides is 1. The summed E-state index contributed by atoms with van der Waals surface area (Å²) >= 11 is 0. The molecular formula is C13H12N4O4. The summed E-state index contributed by atoms with van der Waals surface area (Å²) in [5.74, 6) is 0.991. The molecule has 0 radical (unpaired) electrons. The standard InChI is InChI=1S/C13H12N4O4/c1-8(15-16-13(14)18)11-6-7-12(21-11)9-2-4-10(5-3-9)17(19)20/h2-7H,1H3,(H3,14,16,18). The van der Waals surface area contributed by atoms with E-state index in [1.54, 1.807) is 31.2 Å². The summed E-state index contributed by atoms with van der Waals surface area (Å²) in [6.45, 7) is 1.65. The number of hydrazone groups is 1. The van der Waals surface area contributed by atoms with Crippen LogP contribution in [0.3, 0.4) is 0 Å². The van der Waals surface area contributed by atoms with Crippen LogP contribution in [0.4, 0.5) is 10.5 Å². The molecule has 0 aliphatic rings. The highest BCUT2D eigenvalue weighted by Gasteiger charge is 2.10. The number of furan rings is 1. The topological polar surface area (TPSA) is 124 Å². The summed E-state index contributed by atoms with van der Waals surface area (Å²) in [5, 5.41) is 14.3. The van der Waals surface area contributed by atoms with Crippen LogP contribution in [0.25, 0.3) is 11.3 Å². The fourth-order valence-corrected chi connectivity index (χ4v) is 1.63. The molecule has 0 fully saturated rings. The van der Waals surface area contributed by atoms with Crippen molar-refractivity contribution in [2.75, 3.05) is 0 Å². The molecule has 0 bridgehead atoms. The zero-order valence-corrected chi connectivity index (χ0v) is 11.1. The summed E-state index contributed by atoms with van der Waals surface area (Å²) in [7, 11) is 0. The van der Waals surface area contributed by atoms with Crippen molar-refractivity contribution in [3.05, 3.63) is 52.3 Å². The van der Waals surface area contributed by atoms with Crippen LogP contribution in [0, 0.1) is 10.1 Å². The van der Waals surface area contributed by atoms with Gasteiger partial charge in [-0.2, -0.15) is 5.10 Å². The molecule has 0 aliphatic carbocycles. The van der Waals surface area contributed by atoms with Crippen LogP contribution in [0.1, 0.15) is 12.7 Å². The number of non-ortho nitro benzene ring substituents is 1. The number of nitro benzene ring substituents is 1. The van der Waals surface area contributed by atoms with E-state index in [-0.39, 0.29) is 5.69 Å². The number of carbonyl (C=O) groups is 1. The van der Waals surface area contributed by atoms with Crippen molar-refractivity contribution < 1.29 is 14.1 Å². The van der Waals surface area contributed by atoms with Gasteiger partial charge in [0.1, 0.15) is 11.5 Å². The highest BCUT2D eigenvalue weighted by Crippen LogP contribution is 2.24. The minimum Gasteiger partial charge on any atom is -0.455 e. The van der Waals surface area contributed by atoms with Gasteiger partial charge in [-0.25, -0.2) is 10.2 Å². The second kappa shape index (κ2) is 5.87. The quantitative estimate of drug-likeness (QED) is 0.508. The normalized spacial score (nSPS) is 11.2. The Kier molecular flexibility index (Phi) is 3.98. The summed E-state index contributed by atoms with van der Waals surface area (Å²) in [5.41, 5.74) is 8.17. The van der Waals surface area contributed by atoms with Crippen molar-refractivity contribution in [1.29, 1.82) is 0 Å². The van der Waals surface area contributed by atoms with Gasteiger partial charge < -0.3 is 10.2 Å². The SMILES string of the molecule is CC(=NNC(N)=O)c1ccc(-c2ccc([N+](=O)[O-])cc2)o1. The second-order valence-electron chi connectivity index (χ2n) is 4.14. The number of rotatable bonds is 4. The number of benzene rings is 1. The zero-order valence-electron chi connectivity index (χ0n) is 11.1. The Labute approximate surface area is 119 Å². The molecule has 8 heteroatoms. The molecule has 1 aromatic carbocycles. The average Bonchev–Trinajstić information content (AvgIpc) is 2.94. The maximum atomic E-state index is 10.6. The monoisotopic (exact) mass is 288 g/mol. The minimum atomic E-state index is -0.767. The Morgan fingerprint density at radius 2 is 1.95 bits per heavy atom. The molecule has 2 aromatic rings. The molecule has 0 spiro atoms. The van der Waals surface area contributed by atoms with E-state index in [9.17, 15) is 14.9 Å². The molecule has 3 N–H and O–H groups in total. The third-order valence-electron chi connectivity index (χ3n) is 2.66. The van der Waals surface area contributed by atoms with Crippen molar-refractivity contribution in [1.82, 2.24) is 5.43 Å². The Hall–Kier alpha value is -3.16. The van der Waals surface area contributed by atoms with E-state index in [1.807, 2.05) is 0 Å². The first-order valence-electron chi connectivity index (χ1n) is 5.92. The van der Waals surface area contributed by atoms with Crippen LogP contribution in [0.15, 0.2) is 45.9 Å². The lowest BCUT2D eigenvalue weighted by atomic mass is 10.1. The van der Waals surface area contributed by atoms with Crippen molar-refractivity contribution in [2.45, 2.75) is 6.92 Å². The largest absolute Gasteiger partial charge is 0.455 e. The van der Waals surface area contributed by atoms with Gasteiger partial charge in [0.05, 0.1) is 4.92 Å². The number of nitrogens with zero attached hydrogens (tertiary/aromatic N) is 2. The lowest BCUT2D eigenvalue weighted by Gasteiger charge is -1.98. The highest BCUT2D eigenvalue weighted by atomic mass is 16.6. The summed E-state index contributed by atoms with van der Waals surface area (Å²) in [6, 6.07) is 8.60. The van der Waals surface area contributed by atoms with Crippen LogP contribution in [0.5, 0.6) is 0 Å². The molecule has 0 unspecified atom stereocenters. The first kappa shape index (κ1) is 14.3. The number of hydrogen-bond acceptors (Lipinski definition) is 5. The number of hydrogen-bond donors (Lipinski definition) is 2. The van der Waals surface area contributed by atoms with Gasteiger partial charge in [-0.1, -0.05) is 0 Å². The van der Waals surface area contributed by atoms with Crippen molar-refractivity contribution in [3.8, 4) is 11.3 Å². The maximum absolute atomic E-state index is 10.6. The van der Waals surface area contributed by atoms with E-state index >= 15 is 0 Å². The van der Waals surface area contributed by atoms with Crippen LogP contribution < -0.4 is 11.2 Å². The Morgan fingerprint density at radius 3 is 2.52 bits per heavy atom. The van der Waals surface area contributed by atoms with Crippen LogP contribution in [-0.2, 0) is 0 Å². The number of nitrogens with two attached hydrogens (primary N) is 1. The fraction of sp³-hybridized carbons (Fsp3) is 0.0769. The van der Waals surface area contributed by atoms with E-state index in [0.29, 0.717) is 22.8 Å². The average molecular weight is 288 g/mol. The van der Waals surface area contributed by atoms with Gasteiger partial charge in [0.2, 0.25) is 0 Å². The lowest BCUT2D eigenvalue weighted by Crippen LogP contribution is -2.25. The number of nitrogens with one attached hydrogen (secondary N) is 1. The van der Waals surface area contributed by atoms with E-state index in [4.69, 9.17) is 10.2 Å². The first-order valence-corrected chi connectivity index (χ1v) is 5.92. The number of amides is 2. The number of nitro groups is 1. The molecule has 0 atom stereocenters. The highest BCUT2D eigenvalue weighted by molar-refractivity contribution is 5.97. The number of carbonyl (C=O) groups excluding carboxylic acids is 1. The van der Waals surface area contributed by atoms with Gasteiger partial charge in [0, 0.05) is 17.7 Å². The maximum Gasteiger partial charge on any atom is 0.332 e. The Bertz CT molecular complexity index is 703. The zero-order chi connectivity index (χ0) is 15.4. The summed E-state index contributed by atoms with van der Waals surface area (Å²) in [4.78, 5) is 20.7. The minimum absolute atomic E-state index is 0.00827. The molecule has 0 saturated heterocycles. The van der Waals surface area contributed by atoms with Crippen molar-refractivity contribution in [3.63, 3.8) is 0 Å². The summed E-state index contributed by atoms with van der Waals surface area (Å²) < 4.78 is 5.57. The lowest BCUT2D eigenvalue weighted by molar-refractivity contribution is -0.384. The predicted molar refractivity (Wildman–Crippen MR) is 75.7 cm³/mol. The molecule has 0 saturated carbocycles. The van der Waals surface area contributed by atoms with Gasteiger partial charge in [-0.3, -0.25) is 10.1 Å². The third-order valence-corrected chi connectivity index (χ3v) is 2.66. The summed E-state index contributed by atoms with van der Waals surface area (Å²) in [6.07, 6.45) is 0. The van der Waals surface area contributed by atoms with Crippen LogP contribution in [-0.4, -0.2) is 16.7 Å². The van der Waals surface area contributed by atoms with E-state index < -0.39 is 11.0 Å². The van der Waals surface area contributed by atoms with Crippen molar-refractivity contribution in [2.24, 2.45) is 10.8 Å². The van der Waals surface area contributed by atoms with E-state index in [0.717, 1.165) is 0 Å².